The summed E-state index contributed by atoms with van der Waals surface area (Å²) in [5.41, 5.74) is -0.138. The Labute approximate surface area is 161 Å². The number of hydrogen-bond acceptors (Lipinski definition) is 3. The molecule has 1 aromatic heterocycles. The lowest BCUT2D eigenvalue weighted by Gasteiger charge is -2.55. The van der Waals surface area contributed by atoms with E-state index in [1.54, 1.807) is 6.20 Å². The fourth-order valence-corrected chi connectivity index (χ4v) is 6.00. The quantitative estimate of drug-likeness (QED) is 0.772. The summed E-state index contributed by atoms with van der Waals surface area (Å²) in [7, 11) is 0. The van der Waals surface area contributed by atoms with Crippen molar-refractivity contribution in [2.24, 2.45) is 29.1 Å². The van der Waals surface area contributed by atoms with Gasteiger partial charge in [0.25, 0.3) is 0 Å². The molecule has 27 heavy (non-hydrogen) atoms. The van der Waals surface area contributed by atoms with Crippen molar-refractivity contribution in [2.45, 2.75) is 65.3 Å². The van der Waals surface area contributed by atoms with Gasteiger partial charge in [0, 0.05) is 31.0 Å². The fraction of sp³-hybridized carbons (Fsp3) is 0.762. The van der Waals surface area contributed by atoms with E-state index in [9.17, 15) is 9.59 Å². The predicted molar refractivity (Wildman–Crippen MR) is 104 cm³/mol. The zero-order valence-corrected chi connectivity index (χ0v) is 16.5. The van der Waals surface area contributed by atoms with Crippen molar-refractivity contribution in [1.29, 1.82) is 0 Å². The van der Waals surface area contributed by atoms with Crippen molar-refractivity contribution < 1.29 is 9.59 Å². The van der Waals surface area contributed by atoms with Gasteiger partial charge in [0.1, 0.15) is 5.82 Å². The van der Waals surface area contributed by atoms with Crippen LogP contribution in [0.2, 0.25) is 0 Å². The Bertz CT molecular complexity index is 674. The van der Waals surface area contributed by atoms with Crippen LogP contribution in [0.3, 0.4) is 0 Å². The molecule has 0 atom stereocenters. The number of carbonyl (C=O) groups is 2. The lowest BCUT2D eigenvalue weighted by Crippen LogP contribution is -2.53. The summed E-state index contributed by atoms with van der Waals surface area (Å²) < 4.78 is 1.82. The summed E-state index contributed by atoms with van der Waals surface area (Å²) in [5.74, 6) is 3.57. The standard InChI is InChI=1S/C21H32N4O2/c1-14(2)13-25-18(3-6-23-25)24-19(26)4-5-22-20(27)21-10-15-7-16(11-21)9-17(8-15)12-21/h3,6,14-17H,4-5,7-13H2,1-2H3,(H,22,27)(H,24,26). The van der Waals surface area contributed by atoms with Gasteiger partial charge in [-0.1, -0.05) is 13.8 Å². The van der Waals surface area contributed by atoms with E-state index in [0.717, 1.165) is 49.4 Å². The van der Waals surface area contributed by atoms with Crippen molar-refractivity contribution in [3.8, 4) is 0 Å². The molecule has 6 nitrogen and oxygen atoms in total. The molecule has 0 spiro atoms. The van der Waals surface area contributed by atoms with Crippen LogP contribution in [0.1, 0.15) is 58.8 Å². The molecule has 4 aliphatic rings. The number of nitrogens with one attached hydrogen (secondary N) is 2. The molecule has 1 aromatic rings. The van der Waals surface area contributed by atoms with E-state index in [1.807, 2.05) is 10.7 Å². The van der Waals surface area contributed by atoms with Gasteiger partial charge in [-0.2, -0.15) is 5.10 Å². The minimum Gasteiger partial charge on any atom is -0.355 e. The normalized spacial score (nSPS) is 31.3. The second-order valence-electron chi connectivity index (χ2n) is 9.54. The van der Waals surface area contributed by atoms with Crippen LogP contribution in [0.15, 0.2) is 12.3 Å². The molecular formula is C21H32N4O2. The highest BCUT2D eigenvalue weighted by Gasteiger charge is 2.54. The van der Waals surface area contributed by atoms with Gasteiger partial charge in [0.2, 0.25) is 11.8 Å². The number of nitrogens with zero attached hydrogens (tertiary/aromatic N) is 2. The first-order valence-electron chi connectivity index (χ1n) is 10.5. The zero-order chi connectivity index (χ0) is 19.0. The van der Waals surface area contributed by atoms with Crippen molar-refractivity contribution in [3.05, 3.63) is 12.3 Å². The lowest BCUT2D eigenvalue weighted by molar-refractivity contribution is -0.146. The smallest absolute Gasteiger partial charge is 0.227 e. The van der Waals surface area contributed by atoms with Crippen LogP contribution in [0.5, 0.6) is 0 Å². The fourth-order valence-electron chi connectivity index (χ4n) is 6.00. The molecule has 4 bridgehead atoms. The van der Waals surface area contributed by atoms with Gasteiger partial charge in [0.05, 0.1) is 6.20 Å². The second-order valence-corrected chi connectivity index (χ2v) is 9.54. The Balaban J connectivity index is 1.26. The van der Waals surface area contributed by atoms with Crippen LogP contribution in [-0.4, -0.2) is 28.1 Å². The summed E-state index contributed by atoms with van der Waals surface area (Å²) in [4.78, 5) is 25.2. The average Bonchev–Trinajstić information content (AvgIpc) is 2.99. The first-order chi connectivity index (χ1) is 12.9. The topological polar surface area (TPSA) is 76.0 Å². The highest BCUT2D eigenvalue weighted by molar-refractivity contribution is 5.90. The number of aromatic nitrogens is 2. The maximum atomic E-state index is 12.9. The van der Waals surface area contributed by atoms with E-state index in [-0.39, 0.29) is 17.2 Å². The van der Waals surface area contributed by atoms with Gasteiger partial charge in [0.15, 0.2) is 0 Å². The molecule has 5 rings (SSSR count). The number of carbonyl (C=O) groups excluding carboxylic acids is 2. The van der Waals surface area contributed by atoms with Gasteiger partial charge in [-0.15, -0.1) is 0 Å². The molecule has 148 valence electrons. The maximum Gasteiger partial charge on any atom is 0.227 e. The van der Waals surface area contributed by atoms with Gasteiger partial charge in [-0.25, -0.2) is 4.68 Å². The number of amides is 2. The SMILES string of the molecule is CC(C)Cn1nccc1NC(=O)CCNC(=O)C12CC3CC(CC(C3)C1)C2. The molecule has 0 saturated heterocycles. The lowest BCUT2D eigenvalue weighted by atomic mass is 9.49. The summed E-state index contributed by atoms with van der Waals surface area (Å²) in [6.45, 7) is 5.41. The molecule has 4 fully saturated rings. The molecule has 2 amide bonds. The minimum atomic E-state index is -0.138. The van der Waals surface area contributed by atoms with E-state index >= 15 is 0 Å². The van der Waals surface area contributed by atoms with Crippen LogP contribution >= 0.6 is 0 Å². The largest absolute Gasteiger partial charge is 0.355 e. The molecule has 0 aromatic carbocycles. The monoisotopic (exact) mass is 372 g/mol. The van der Waals surface area contributed by atoms with Crippen LogP contribution in [-0.2, 0) is 16.1 Å². The molecule has 1 heterocycles. The molecule has 2 N–H and O–H groups in total. The Hall–Kier alpha value is -1.85. The van der Waals surface area contributed by atoms with Crippen molar-refractivity contribution in [1.82, 2.24) is 15.1 Å². The van der Waals surface area contributed by atoms with Crippen LogP contribution in [0, 0.1) is 29.1 Å². The molecule has 4 saturated carbocycles. The zero-order valence-electron chi connectivity index (χ0n) is 16.5. The van der Waals surface area contributed by atoms with Gasteiger partial charge >= 0.3 is 0 Å². The summed E-state index contributed by atoms with van der Waals surface area (Å²) in [5, 5.41) is 10.2. The van der Waals surface area contributed by atoms with Crippen molar-refractivity contribution in [2.75, 3.05) is 11.9 Å². The summed E-state index contributed by atoms with van der Waals surface area (Å²) in [6, 6.07) is 1.81. The van der Waals surface area contributed by atoms with E-state index in [1.165, 1.54) is 19.3 Å². The van der Waals surface area contributed by atoms with E-state index in [4.69, 9.17) is 0 Å². The van der Waals surface area contributed by atoms with Crippen LogP contribution in [0.25, 0.3) is 0 Å². The average molecular weight is 373 g/mol. The third-order valence-electron chi connectivity index (χ3n) is 6.68. The maximum absolute atomic E-state index is 12.9. The molecular weight excluding hydrogens is 340 g/mol. The third-order valence-corrected chi connectivity index (χ3v) is 6.68. The van der Waals surface area contributed by atoms with Gasteiger partial charge in [-0.05, 0) is 62.2 Å². The number of hydrogen-bond donors (Lipinski definition) is 2. The first kappa shape index (κ1) is 18.5. The van der Waals surface area contributed by atoms with Gasteiger partial charge < -0.3 is 10.6 Å². The number of anilines is 1. The second kappa shape index (κ2) is 7.28. The third kappa shape index (κ3) is 3.90. The van der Waals surface area contributed by atoms with Crippen molar-refractivity contribution >= 4 is 17.6 Å². The molecule has 6 heteroatoms. The van der Waals surface area contributed by atoms with E-state index < -0.39 is 0 Å². The Morgan fingerprint density at radius 2 is 1.81 bits per heavy atom. The van der Waals surface area contributed by atoms with Crippen LogP contribution in [0.4, 0.5) is 5.82 Å². The molecule has 4 aliphatic carbocycles. The predicted octanol–water partition coefficient (Wildman–Crippen LogP) is 3.20. The highest BCUT2D eigenvalue weighted by Crippen LogP contribution is 2.60. The molecule has 0 radical (unpaired) electrons. The first-order valence-corrected chi connectivity index (χ1v) is 10.5. The Morgan fingerprint density at radius 1 is 1.19 bits per heavy atom. The Morgan fingerprint density at radius 3 is 2.41 bits per heavy atom. The minimum absolute atomic E-state index is 0.0775. The summed E-state index contributed by atoms with van der Waals surface area (Å²) >= 11 is 0. The van der Waals surface area contributed by atoms with Crippen LogP contribution < -0.4 is 10.6 Å². The summed E-state index contributed by atoms with van der Waals surface area (Å²) in [6.07, 6.45) is 9.18. The molecule has 0 unspecified atom stereocenters. The number of rotatable bonds is 7. The van der Waals surface area contributed by atoms with E-state index in [2.05, 4.69) is 29.6 Å². The highest BCUT2D eigenvalue weighted by atomic mass is 16.2. The van der Waals surface area contributed by atoms with E-state index in [0.29, 0.717) is 18.9 Å². The molecule has 0 aliphatic heterocycles. The van der Waals surface area contributed by atoms with Crippen molar-refractivity contribution in [3.63, 3.8) is 0 Å². The Kier molecular flexibility index (Phi) is 4.99. The van der Waals surface area contributed by atoms with Gasteiger partial charge in [-0.3, -0.25) is 9.59 Å².